The van der Waals surface area contributed by atoms with E-state index >= 15 is 0 Å². The van der Waals surface area contributed by atoms with Crippen molar-refractivity contribution in [1.82, 2.24) is 0 Å². The Kier molecular flexibility index (Phi) is 4.03. The molecule has 106 valence electrons. The number of benzene rings is 3. The molecule has 0 aromatic heterocycles. The third-order valence-electron chi connectivity index (χ3n) is 3.70. The van der Waals surface area contributed by atoms with Gasteiger partial charge in [-0.3, -0.25) is 0 Å². The minimum Gasteiger partial charge on any atom is -0.384 e. The molecular formula is C18H14BrClO. The van der Waals surface area contributed by atoms with Crippen LogP contribution < -0.4 is 0 Å². The fraction of sp³-hybridized carbons (Fsp3) is 0.111. The molecule has 0 saturated carbocycles. The summed E-state index contributed by atoms with van der Waals surface area (Å²) in [6.07, 6.45) is -0.668. The fourth-order valence-electron chi connectivity index (χ4n) is 2.54. The van der Waals surface area contributed by atoms with Crippen molar-refractivity contribution in [3.8, 4) is 0 Å². The first-order chi connectivity index (χ1) is 10.1. The van der Waals surface area contributed by atoms with Gasteiger partial charge in [-0.25, -0.2) is 0 Å². The molecule has 0 heterocycles. The van der Waals surface area contributed by atoms with Gasteiger partial charge in [-0.2, -0.15) is 0 Å². The molecule has 0 bridgehead atoms. The van der Waals surface area contributed by atoms with Crippen LogP contribution in [-0.2, 0) is 0 Å². The molecule has 0 radical (unpaired) electrons. The van der Waals surface area contributed by atoms with Crippen molar-refractivity contribution in [2.75, 3.05) is 0 Å². The second kappa shape index (κ2) is 5.80. The van der Waals surface area contributed by atoms with Crippen LogP contribution in [0.1, 0.15) is 22.8 Å². The maximum absolute atomic E-state index is 10.7. The number of rotatable bonds is 2. The summed E-state index contributed by atoms with van der Waals surface area (Å²) in [5.41, 5.74) is 2.85. The molecule has 1 nitrogen and oxygen atoms in total. The summed E-state index contributed by atoms with van der Waals surface area (Å²) in [6, 6.07) is 17.5. The van der Waals surface area contributed by atoms with Crippen molar-refractivity contribution in [3.05, 3.63) is 80.8 Å². The van der Waals surface area contributed by atoms with Crippen molar-refractivity contribution >= 4 is 38.3 Å². The van der Waals surface area contributed by atoms with Gasteiger partial charge in [0, 0.05) is 14.9 Å². The highest BCUT2D eigenvalue weighted by Gasteiger charge is 2.15. The summed E-state index contributed by atoms with van der Waals surface area (Å²) in [5.74, 6) is 0. The quantitative estimate of drug-likeness (QED) is 0.625. The SMILES string of the molecule is Cc1cc(C(O)c2ccc(Cl)c3ccccc23)ccc1Br. The van der Waals surface area contributed by atoms with E-state index in [-0.39, 0.29) is 0 Å². The number of hydrogen-bond donors (Lipinski definition) is 1. The number of halogens is 2. The molecular weight excluding hydrogens is 348 g/mol. The first-order valence-electron chi connectivity index (χ1n) is 6.69. The summed E-state index contributed by atoms with van der Waals surface area (Å²) >= 11 is 9.72. The van der Waals surface area contributed by atoms with Crippen LogP contribution in [0.4, 0.5) is 0 Å². The number of aliphatic hydroxyl groups excluding tert-OH is 1. The topological polar surface area (TPSA) is 20.2 Å². The monoisotopic (exact) mass is 360 g/mol. The second-order valence-corrected chi connectivity index (χ2v) is 6.35. The predicted octanol–water partition coefficient (Wildman–Crippen LogP) is 5.65. The zero-order valence-electron chi connectivity index (χ0n) is 11.5. The van der Waals surface area contributed by atoms with Crippen molar-refractivity contribution < 1.29 is 5.11 Å². The van der Waals surface area contributed by atoms with E-state index in [0.29, 0.717) is 5.02 Å². The molecule has 3 rings (SSSR count). The smallest absolute Gasteiger partial charge is 0.105 e. The lowest BCUT2D eigenvalue weighted by Gasteiger charge is -2.16. The molecule has 0 aliphatic carbocycles. The highest BCUT2D eigenvalue weighted by atomic mass is 79.9. The zero-order valence-corrected chi connectivity index (χ0v) is 13.8. The van der Waals surface area contributed by atoms with E-state index < -0.39 is 6.10 Å². The Hall–Kier alpha value is -1.35. The normalized spacial score (nSPS) is 12.6. The maximum Gasteiger partial charge on any atom is 0.105 e. The highest BCUT2D eigenvalue weighted by molar-refractivity contribution is 9.10. The van der Waals surface area contributed by atoms with Crippen LogP contribution in [0.15, 0.2) is 59.1 Å². The van der Waals surface area contributed by atoms with Crippen LogP contribution in [0.2, 0.25) is 5.02 Å². The van der Waals surface area contributed by atoms with Gasteiger partial charge >= 0.3 is 0 Å². The fourth-order valence-corrected chi connectivity index (χ4v) is 3.02. The number of aliphatic hydroxyl groups is 1. The lowest BCUT2D eigenvalue weighted by atomic mass is 9.95. The summed E-state index contributed by atoms with van der Waals surface area (Å²) in [5, 5.41) is 13.4. The lowest BCUT2D eigenvalue weighted by molar-refractivity contribution is 0.222. The summed E-state index contributed by atoms with van der Waals surface area (Å²) in [4.78, 5) is 0. The molecule has 0 aliphatic rings. The van der Waals surface area contributed by atoms with E-state index in [0.717, 1.165) is 31.9 Å². The molecule has 0 fully saturated rings. The standard InChI is InChI=1S/C18H14BrClO/c1-11-10-12(6-8-16(11)19)18(21)15-7-9-17(20)14-5-3-2-4-13(14)15/h2-10,18,21H,1H3. The van der Waals surface area contributed by atoms with Gasteiger partial charge in [0.1, 0.15) is 6.10 Å². The highest BCUT2D eigenvalue weighted by Crippen LogP contribution is 2.33. The Bertz CT molecular complexity index is 813. The average molecular weight is 362 g/mol. The van der Waals surface area contributed by atoms with Crippen LogP contribution in [0.3, 0.4) is 0 Å². The molecule has 21 heavy (non-hydrogen) atoms. The maximum atomic E-state index is 10.7. The van der Waals surface area contributed by atoms with Gasteiger partial charge in [0.2, 0.25) is 0 Å². The molecule has 1 unspecified atom stereocenters. The molecule has 0 aliphatic heterocycles. The van der Waals surface area contributed by atoms with Gasteiger partial charge in [0.15, 0.2) is 0 Å². The molecule has 3 aromatic carbocycles. The largest absolute Gasteiger partial charge is 0.384 e. The molecule has 3 heteroatoms. The van der Waals surface area contributed by atoms with Crippen molar-refractivity contribution in [2.45, 2.75) is 13.0 Å². The molecule has 1 N–H and O–H groups in total. The average Bonchev–Trinajstić information content (AvgIpc) is 2.50. The van der Waals surface area contributed by atoms with Gasteiger partial charge in [-0.05, 0) is 41.1 Å². The van der Waals surface area contributed by atoms with Crippen LogP contribution in [0.5, 0.6) is 0 Å². The van der Waals surface area contributed by atoms with Crippen LogP contribution >= 0.6 is 27.5 Å². The molecule has 0 spiro atoms. The van der Waals surface area contributed by atoms with E-state index in [2.05, 4.69) is 15.9 Å². The molecule has 0 amide bonds. The van der Waals surface area contributed by atoms with E-state index in [4.69, 9.17) is 11.6 Å². The Balaban J connectivity index is 2.15. The van der Waals surface area contributed by atoms with E-state index in [9.17, 15) is 5.11 Å². The summed E-state index contributed by atoms with van der Waals surface area (Å²) in [6.45, 7) is 2.01. The first-order valence-corrected chi connectivity index (χ1v) is 7.86. The number of aryl methyl sites for hydroxylation is 1. The number of fused-ring (bicyclic) bond motifs is 1. The number of hydrogen-bond acceptors (Lipinski definition) is 1. The minimum absolute atomic E-state index is 0.668. The predicted molar refractivity (Wildman–Crippen MR) is 91.9 cm³/mol. The second-order valence-electron chi connectivity index (χ2n) is 5.09. The van der Waals surface area contributed by atoms with E-state index in [1.807, 2.05) is 61.5 Å². The van der Waals surface area contributed by atoms with Gasteiger partial charge in [0.25, 0.3) is 0 Å². The van der Waals surface area contributed by atoms with Gasteiger partial charge < -0.3 is 5.11 Å². The van der Waals surface area contributed by atoms with E-state index in [1.165, 1.54) is 0 Å². The van der Waals surface area contributed by atoms with Crippen LogP contribution in [0, 0.1) is 6.92 Å². The van der Waals surface area contributed by atoms with Crippen LogP contribution in [-0.4, -0.2) is 5.11 Å². The molecule has 3 aromatic rings. The third-order valence-corrected chi connectivity index (χ3v) is 4.92. The Morgan fingerprint density at radius 3 is 2.43 bits per heavy atom. The van der Waals surface area contributed by atoms with Crippen molar-refractivity contribution in [1.29, 1.82) is 0 Å². The van der Waals surface area contributed by atoms with Crippen molar-refractivity contribution in [3.63, 3.8) is 0 Å². The minimum atomic E-state index is -0.668. The first kappa shape index (κ1) is 14.6. The summed E-state index contributed by atoms with van der Waals surface area (Å²) in [7, 11) is 0. The van der Waals surface area contributed by atoms with Gasteiger partial charge in [-0.15, -0.1) is 0 Å². The van der Waals surface area contributed by atoms with Gasteiger partial charge in [0.05, 0.1) is 0 Å². The Morgan fingerprint density at radius 1 is 1.00 bits per heavy atom. The Labute approximate surface area is 137 Å². The van der Waals surface area contributed by atoms with E-state index in [1.54, 1.807) is 0 Å². The summed E-state index contributed by atoms with van der Waals surface area (Å²) < 4.78 is 1.04. The molecule has 1 atom stereocenters. The lowest BCUT2D eigenvalue weighted by Crippen LogP contribution is -2.01. The van der Waals surface area contributed by atoms with Crippen LogP contribution in [0.25, 0.3) is 10.8 Å². The van der Waals surface area contributed by atoms with Crippen molar-refractivity contribution in [2.24, 2.45) is 0 Å². The zero-order chi connectivity index (χ0) is 15.0. The van der Waals surface area contributed by atoms with Gasteiger partial charge in [-0.1, -0.05) is 70.0 Å². The Morgan fingerprint density at radius 2 is 1.71 bits per heavy atom. The molecule has 0 saturated heterocycles. The third kappa shape index (κ3) is 2.71.